The molecule has 0 saturated carbocycles. The first-order valence-electron chi connectivity index (χ1n) is 8.71. The quantitative estimate of drug-likeness (QED) is 0.926. The number of piperidine rings is 1. The Hall–Kier alpha value is -1.72. The average molecular weight is 345 g/mol. The maximum atomic E-state index is 12.3. The Kier molecular flexibility index (Phi) is 5.31. The van der Waals surface area contributed by atoms with E-state index in [0.717, 1.165) is 28.6 Å². The Morgan fingerprint density at radius 2 is 2.00 bits per heavy atom. The van der Waals surface area contributed by atoms with E-state index < -0.39 is 0 Å². The minimum atomic E-state index is 0.00918. The lowest BCUT2D eigenvalue weighted by molar-refractivity contribution is -0.918. The number of nitrogens with zero attached hydrogens (tertiary/aromatic N) is 2. The number of quaternary nitrogens is 1. The number of anilines is 2. The molecule has 128 valence electrons. The molecule has 1 N–H and O–H groups in total. The fourth-order valence-electron chi connectivity index (χ4n) is 3.35. The van der Waals surface area contributed by atoms with Gasteiger partial charge >= 0.3 is 0 Å². The van der Waals surface area contributed by atoms with Crippen molar-refractivity contribution in [3.63, 3.8) is 0 Å². The van der Waals surface area contributed by atoms with E-state index in [9.17, 15) is 4.79 Å². The van der Waals surface area contributed by atoms with Gasteiger partial charge in [0.2, 0.25) is 5.91 Å². The summed E-state index contributed by atoms with van der Waals surface area (Å²) in [6.45, 7) is 9.19. The van der Waals surface area contributed by atoms with E-state index in [1.165, 1.54) is 37.9 Å². The topological polar surface area (TPSA) is 37.6 Å². The largest absolute Gasteiger partial charge is 0.330 e. The van der Waals surface area contributed by atoms with Crippen LogP contribution in [0.2, 0.25) is 0 Å². The van der Waals surface area contributed by atoms with Crippen LogP contribution in [-0.4, -0.2) is 24.0 Å². The van der Waals surface area contributed by atoms with E-state index >= 15 is 0 Å². The predicted molar refractivity (Wildman–Crippen MR) is 99.1 cm³/mol. The first-order valence-corrected chi connectivity index (χ1v) is 9.59. The molecule has 0 aliphatic carbocycles. The van der Waals surface area contributed by atoms with Gasteiger partial charge in [0.15, 0.2) is 5.13 Å². The summed E-state index contributed by atoms with van der Waals surface area (Å²) in [5.41, 5.74) is 4.36. The Morgan fingerprint density at radius 3 is 2.71 bits per heavy atom. The molecule has 0 atom stereocenters. The molecule has 1 fully saturated rings. The first-order chi connectivity index (χ1) is 11.6. The van der Waals surface area contributed by atoms with Gasteiger partial charge in [-0.2, -0.15) is 0 Å². The maximum absolute atomic E-state index is 12.3. The van der Waals surface area contributed by atoms with Crippen LogP contribution in [-0.2, 0) is 11.3 Å². The number of carbonyl (C=O) groups excluding carboxylic acids is 1. The summed E-state index contributed by atoms with van der Waals surface area (Å²) >= 11 is 1.56. The second-order valence-corrected chi connectivity index (χ2v) is 7.52. The minimum Gasteiger partial charge on any atom is -0.330 e. The lowest BCUT2D eigenvalue weighted by Gasteiger charge is -2.23. The van der Waals surface area contributed by atoms with Gasteiger partial charge in [-0.05, 0) is 50.3 Å². The molecule has 24 heavy (non-hydrogen) atoms. The summed E-state index contributed by atoms with van der Waals surface area (Å²) in [5.74, 6) is 0.00918. The molecule has 1 aromatic carbocycles. The molecule has 4 nitrogen and oxygen atoms in total. The maximum Gasteiger partial charge on any atom is 0.230 e. The number of carbonyl (C=O) groups is 1. The van der Waals surface area contributed by atoms with Gasteiger partial charge in [0.05, 0.1) is 18.8 Å². The third kappa shape index (κ3) is 3.68. The standard InChI is InChI=1S/C19H25N3OS/c1-14-8-7-9-18(15(14)2)22(16(3)23)19-20-17(13-24-19)12-21-10-5-4-6-11-21/h7-9,13H,4-6,10-12H2,1-3H3/p+1. The monoisotopic (exact) mass is 344 g/mol. The molecule has 3 rings (SSSR count). The van der Waals surface area contributed by atoms with E-state index in [0.29, 0.717) is 0 Å². The molecule has 0 spiro atoms. The number of likely N-dealkylation sites (tertiary alicyclic amines) is 1. The molecule has 2 heterocycles. The molecule has 5 heteroatoms. The van der Waals surface area contributed by atoms with Gasteiger partial charge in [-0.1, -0.05) is 12.1 Å². The summed E-state index contributed by atoms with van der Waals surface area (Å²) in [5, 5.41) is 2.89. The average Bonchev–Trinajstić information content (AvgIpc) is 3.00. The predicted octanol–water partition coefficient (Wildman–Crippen LogP) is 3.01. The summed E-state index contributed by atoms with van der Waals surface area (Å²) < 4.78 is 0. The zero-order chi connectivity index (χ0) is 17.1. The molecule has 1 aliphatic heterocycles. The number of benzene rings is 1. The summed E-state index contributed by atoms with van der Waals surface area (Å²) in [6, 6.07) is 6.07. The molecule has 0 unspecified atom stereocenters. The van der Waals surface area contributed by atoms with Gasteiger partial charge in [0, 0.05) is 12.3 Å². The highest BCUT2D eigenvalue weighted by molar-refractivity contribution is 7.14. The number of nitrogens with one attached hydrogen (secondary N) is 1. The fourth-order valence-corrected chi connectivity index (χ4v) is 4.23. The van der Waals surface area contributed by atoms with Crippen molar-refractivity contribution in [2.24, 2.45) is 0 Å². The third-order valence-electron chi connectivity index (χ3n) is 4.85. The SMILES string of the molecule is CC(=O)N(c1nc(C[NH+]2CCCCC2)cs1)c1cccc(C)c1C. The van der Waals surface area contributed by atoms with Crippen LogP contribution in [0, 0.1) is 13.8 Å². The van der Waals surface area contributed by atoms with Crippen LogP contribution in [0.5, 0.6) is 0 Å². The van der Waals surface area contributed by atoms with Crippen LogP contribution in [0.4, 0.5) is 10.8 Å². The van der Waals surface area contributed by atoms with Crippen molar-refractivity contribution in [2.75, 3.05) is 18.0 Å². The number of rotatable bonds is 4. The van der Waals surface area contributed by atoms with Gasteiger partial charge in [-0.3, -0.25) is 9.69 Å². The van der Waals surface area contributed by atoms with Gasteiger partial charge in [-0.15, -0.1) is 11.3 Å². The van der Waals surface area contributed by atoms with E-state index in [1.54, 1.807) is 28.1 Å². The Bertz CT molecular complexity index is 719. The highest BCUT2D eigenvalue weighted by Gasteiger charge is 2.22. The molecule has 0 bridgehead atoms. The van der Waals surface area contributed by atoms with Crippen molar-refractivity contribution in [2.45, 2.75) is 46.6 Å². The Balaban J connectivity index is 1.84. The first kappa shape index (κ1) is 17.1. The van der Waals surface area contributed by atoms with Crippen molar-refractivity contribution < 1.29 is 9.69 Å². The van der Waals surface area contributed by atoms with E-state index in [-0.39, 0.29) is 5.91 Å². The van der Waals surface area contributed by atoms with Crippen molar-refractivity contribution >= 4 is 28.1 Å². The van der Waals surface area contributed by atoms with Gasteiger partial charge in [0.1, 0.15) is 12.2 Å². The molecule has 0 radical (unpaired) electrons. The normalized spacial score (nSPS) is 15.5. The number of hydrogen-bond acceptors (Lipinski definition) is 3. The van der Waals surface area contributed by atoms with E-state index in [1.807, 2.05) is 12.1 Å². The lowest BCUT2D eigenvalue weighted by Crippen LogP contribution is -3.11. The van der Waals surface area contributed by atoms with E-state index in [2.05, 4.69) is 25.3 Å². The molecule has 1 aromatic heterocycles. The van der Waals surface area contributed by atoms with Gasteiger partial charge in [0.25, 0.3) is 0 Å². The smallest absolute Gasteiger partial charge is 0.230 e. The molecule has 1 saturated heterocycles. The summed E-state index contributed by atoms with van der Waals surface area (Å²) in [4.78, 5) is 20.4. The van der Waals surface area contributed by atoms with Gasteiger partial charge < -0.3 is 4.90 Å². The van der Waals surface area contributed by atoms with Crippen LogP contribution < -0.4 is 9.80 Å². The fraction of sp³-hybridized carbons (Fsp3) is 0.474. The van der Waals surface area contributed by atoms with Crippen LogP contribution in [0.25, 0.3) is 0 Å². The van der Waals surface area contributed by atoms with Crippen molar-refractivity contribution in [3.8, 4) is 0 Å². The second kappa shape index (κ2) is 7.45. The number of aromatic nitrogens is 1. The second-order valence-electron chi connectivity index (χ2n) is 6.68. The van der Waals surface area contributed by atoms with Gasteiger partial charge in [-0.25, -0.2) is 4.98 Å². The van der Waals surface area contributed by atoms with Crippen LogP contribution in [0.15, 0.2) is 23.6 Å². The zero-order valence-corrected chi connectivity index (χ0v) is 15.6. The Labute approximate surface area is 148 Å². The Morgan fingerprint density at radius 1 is 1.25 bits per heavy atom. The lowest BCUT2D eigenvalue weighted by atomic mass is 10.1. The van der Waals surface area contributed by atoms with Crippen molar-refractivity contribution in [3.05, 3.63) is 40.4 Å². The summed E-state index contributed by atoms with van der Waals surface area (Å²) in [7, 11) is 0. The molecule has 1 amide bonds. The van der Waals surface area contributed by atoms with Crippen LogP contribution in [0.3, 0.4) is 0 Å². The zero-order valence-electron chi connectivity index (χ0n) is 14.8. The highest BCUT2D eigenvalue weighted by atomic mass is 32.1. The summed E-state index contributed by atoms with van der Waals surface area (Å²) in [6.07, 6.45) is 3.99. The van der Waals surface area contributed by atoms with Crippen LogP contribution >= 0.6 is 11.3 Å². The van der Waals surface area contributed by atoms with Crippen LogP contribution in [0.1, 0.15) is 43.0 Å². The molecular weight excluding hydrogens is 318 g/mol. The minimum absolute atomic E-state index is 0.00918. The highest BCUT2D eigenvalue weighted by Crippen LogP contribution is 2.32. The number of hydrogen-bond donors (Lipinski definition) is 1. The number of amides is 1. The van der Waals surface area contributed by atoms with Crippen molar-refractivity contribution in [1.29, 1.82) is 0 Å². The molecule has 2 aromatic rings. The third-order valence-corrected chi connectivity index (χ3v) is 5.73. The number of thiazole rings is 1. The molecule has 1 aliphatic rings. The number of aryl methyl sites for hydroxylation is 1. The van der Waals surface area contributed by atoms with Crippen molar-refractivity contribution in [1.82, 2.24) is 4.98 Å². The van der Waals surface area contributed by atoms with E-state index in [4.69, 9.17) is 4.98 Å². The molecular formula is C19H26N3OS+.